The number of alkyl halides is 1. The van der Waals surface area contributed by atoms with Crippen LogP contribution >= 0.6 is 11.6 Å². The molecule has 0 heterocycles. The van der Waals surface area contributed by atoms with Crippen molar-refractivity contribution in [3.63, 3.8) is 0 Å². The Hall–Kier alpha value is -0.670. The second-order valence-electron chi connectivity index (χ2n) is 8.54. The lowest BCUT2D eigenvalue weighted by Gasteiger charge is -2.60. The fraction of sp³-hybridized carbons (Fsp3) is 0.714. The van der Waals surface area contributed by atoms with E-state index < -0.39 is 0 Å². The first kappa shape index (κ1) is 14.9. The van der Waals surface area contributed by atoms with E-state index in [1.54, 1.807) is 5.57 Å². The van der Waals surface area contributed by atoms with Gasteiger partial charge in [0, 0.05) is 16.4 Å². The van der Waals surface area contributed by atoms with E-state index in [0.717, 1.165) is 11.8 Å². The Morgan fingerprint density at radius 3 is 2.73 bits per heavy atom. The maximum Gasteiger partial charge on any atom is 0.0375 e. The highest BCUT2D eigenvalue weighted by molar-refractivity contribution is 6.21. The highest BCUT2D eigenvalue weighted by Crippen LogP contribution is 2.65. The molecule has 0 aromatic carbocycles. The van der Waals surface area contributed by atoms with Crippen molar-refractivity contribution < 1.29 is 0 Å². The zero-order valence-electron chi connectivity index (χ0n) is 13.9. The van der Waals surface area contributed by atoms with E-state index in [9.17, 15) is 0 Å². The lowest BCUT2D eigenvalue weighted by molar-refractivity contribution is -0.0447. The number of allylic oxidation sites excluding steroid dienone is 4. The molecular weight excluding hydrogens is 288 g/mol. The molecule has 4 rings (SSSR count). The Morgan fingerprint density at radius 2 is 1.95 bits per heavy atom. The topological polar surface area (TPSA) is 0 Å². The van der Waals surface area contributed by atoms with Gasteiger partial charge in [-0.25, -0.2) is 0 Å². The van der Waals surface area contributed by atoms with Crippen molar-refractivity contribution >= 4 is 11.6 Å². The van der Waals surface area contributed by atoms with Crippen LogP contribution in [-0.4, -0.2) is 5.38 Å². The molecular formula is C21H27Cl. The zero-order chi connectivity index (χ0) is 15.5. The lowest BCUT2D eigenvalue weighted by atomic mass is 9.46. The molecule has 4 aliphatic rings. The van der Waals surface area contributed by atoms with E-state index in [4.69, 9.17) is 18.0 Å². The van der Waals surface area contributed by atoms with Crippen LogP contribution in [0, 0.1) is 40.9 Å². The summed E-state index contributed by atoms with van der Waals surface area (Å²) in [5.41, 5.74) is 3.38. The fourth-order valence-electron chi connectivity index (χ4n) is 6.50. The monoisotopic (exact) mass is 314 g/mol. The van der Waals surface area contributed by atoms with Gasteiger partial charge in [-0.3, -0.25) is 0 Å². The second kappa shape index (κ2) is 4.91. The third kappa shape index (κ3) is 1.78. The molecule has 0 spiro atoms. The van der Waals surface area contributed by atoms with Crippen LogP contribution < -0.4 is 0 Å². The molecule has 22 heavy (non-hydrogen) atoms. The van der Waals surface area contributed by atoms with Crippen molar-refractivity contribution in [1.29, 1.82) is 0 Å². The van der Waals surface area contributed by atoms with Crippen LogP contribution in [-0.2, 0) is 0 Å². The third-order valence-electron chi connectivity index (χ3n) is 7.75. The molecule has 0 N–H and O–H groups in total. The average molecular weight is 315 g/mol. The van der Waals surface area contributed by atoms with Crippen LogP contribution in [0.25, 0.3) is 0 Å². The molecule has 0 aliphatic heterocycles. The van der Waals surface area contributed by atoms with E-state index in [2.05, 4.69) is 31.9 Å². The van der Waals surface area contributed by atoms with Gasteiger partial charge in [0.2, 0.25) is 0 Å². The maximum absolute atomic E-state index is 6.92. The van der Waals surface area contributed by atoms with Gasteiger partial charge in [0.1, 0.15) is 0 Å². The fourth-order valence-corrected chi connectivity index (χ4v) is 7.11. The molecule has 1 heteroatoms. The van der Waals surface area contributed by atoms with E-state index >= 15 is 0 Å². The summed E-state index contributed by atoms with van der Waals surface area (Å²) in [6.45, 7) is 4.92. The smallest absolute Gasteiger partial charge is 0.0375 e. The highest BCUT2D eigenvalue weighted by atomic mass is 35.5. The van der Waals surface area contributed by atoms with Crippen LogP contribution in [0.4, 0.5) is 0 Å². The SMILES string of the molecule is C#CC1=CC=C2[C@@H]3CC(Cl)C4CCCC[C@]4(C)[C@H]3CC[C@]12C. The first-order chi connectivity index (χ1) is 10.5. The molecule has 0 amide bonds. The number of halogens is 1. The Bertz CT molecular complexity index is 592. The van der Waals surface area contributed by atoms with Crippen LogP contribution in [0.3, 0.4) is 0 Å². The Labute approximate surface area is 140 Å². The molecule has 118 valence electrons. The number of hydrogen-bond donors (Lipinski definition) is 0. The number of terminal acetylenes is 1. The molecule has 2 unspecified atom stereocenters. The number of fused-ring (bicyclic) bond motifs is 5. The Balaban J connectivity index is 1.72. The van der Waals surface area contributed by atoms with E-state index in [1.807, 2.05) is 0 Å². The predicted octanol–water partition coefficient (Wildman–Crippen LogP) is 5.73. The molecule has 3 fully saturated rings. The summed E-state index contributed by atoms with van der Waals surface area (Å²) in [5.74, 6) is 5.16. The van der Waals surface area contributed by atoms with Crippen molar-refractivity contribution in [1.82, 2.24) is 0 Å². The van der Waals surface area contributed by atoms with Gasteiger partial charge < -0.3 is 0 Å². The van der Waals surface area contributed by atoms with Gasteiger partial charge >= 0.3 is 0 Å². The lowest BCUT2D eigenvalue weighted by Crippen LogP contribution is -2.53. The molecule has 4 aliphatic carbocycles. The van der Waals surface area contributed by atoms with Gasteiger partial charge in [-0.15, -0.1) is 18.0 Å². The maximum atomic E-state index is 6.92. The molecule has 0 aromatic heterocycles. The van der Waals surface area contributed by atoms with Crippen molar-refractivity contribution in [2.24, 2.45) is 28.6 Å². The quantitative estimate of drug-likeness (QED) is 0.396. The first-order valence-corrected chi connectivity index (χ1v) is 9.48. The standard InChI is InChI=1S/C21H27Cl/c1-4-14-8-9-16-15-13-19(22)18-7-5-6-11-21(18,3)17(15)10-12-20(14,16)2/h1,8-9,15,17-19H,5-7,10-13H2,2-3H3/t15-,17-,18?,19?,20+,21+/m0/s1. The van der Waals surface area contributed by atoms with E-state index in [1.165, 1.54) is 50.5 Å². The summed E-state index contributed by atoms with van der Waals surface area (Å²) in [6.07, 6.45) is 19.5. The minimum atomic E-state index is 0.129. The largest absolute Gasteiger partial charge is 0.123 e. The van der Waals surface area contributed by atoms with Crippen LogP contribution in [0.5, 0.6) is 0 Å². The molecule has 0 saturated heterocycles. The predicted molar refractivity (Wildman–Crippen MR) is 93.6 cm³/mol. The minimum absolute atomic E-state index is 0.129. The van der Waals surface area contributed by atoms with Gasteiger partial charge in [-0.2, -0.15) is 0 Å². The second-order valence-corrected chi connectivity index (χ2v) is 9.10. The number of hydrogen-bond acceptors (Lipinski definition) is 0. The average Bonchev–Trinajstić information content (AvgIpc) is 2.84. The Kier molecular flexibility index (Phi) is 3.32. The molecule has 6 atom stereocenters. The summed E-state index contributed by atoms with van der Waals surface area (Å²) in [5, 5.41) is 0.352. The van der Waals surface area contributed by atoms with Gasteiger partial charge in [0.05, 0.1) is 0 Å². The van der Waals surface area contributed by atoms with Gasteiger partial charge in [-0.05, 0) is 61.3 Å². The summed E-state index contributed by atoms with van der Waals surface area (Å²) in [7, 11) is 0. The highest BCUT2D eigenvalue weighted by Gasteiger charge is 2.57. The number of rotatable bonds is 0. The summed E-state index contributed by atoms with van der Waals surface area (Å²) in [6, 6.07) is 0. The molecule has 0 bridgehead atoms. The minimum Gasteiger partial charge on any atom is -0.123 e. The van der Waals surface area contributed by atoms with Crippen LogP contribution in [0.2, 0.25) is 0 Å². The summed E-state index contributed by atoms with van der Waals surface area (Å²) >= 11 is 6.92. The van der Waals surface area contributed by atoms with Gasteiger partial charge in [0.25, 0.3) is 0 Å². The van der Waals surface area contributed by atoms with Crippen LogP contribution in [0.1, 0.15) is 58.8 Å². The molecule has 0 aromatic rings. The third-order valence-corrected chi connectivity index (χ3v) is 8.23. The van der Waals surface area contributed by atoms with Crippen LogP contribution in [0.15, 0.2) is 23.3 Å². The van der Waals surface area contributed by atoms with Crippen molar-refractivity contribution in [3.8, 4) is 12.3 Å². The molecule has 0 nitrogen and oxygen atoms in total. The van der Waals surface area contributed by atoms with Crippen molar-refractivity contribution in [3.05, 3.63) is 23.3 Å². The summed E-state index contributed by atoms with van der Waals surface area (Å²) < 4.78 is 0. The van der Waals surface area contributed by atoms with Gasteiger partial charge in [-0.1, -0.05) is 44.3 Å². The Morgan fingerprint density at radius 1 is 1.14 bits per heavy atom. The molecule has 0 radical (unpaired) electrons. The first-order valence-electron chi connectivity index (χ1n) is 9.04. The zero-order valence-corrected chi connectivity index (χ0v) is 14.6. The normalized spacial score (nSPS) is 50.1. The summed E-state index contributed by atoms with van der Waals surface area (Å²) in [4.78, 5) is 0. The van der Waals surface area contributed by atoms with Crippen molar-refractivity contribution in [2.75, 3.05) is 0 Å². The van der Waals surface area contributed by atoms with Gasteiger partial charge in [0.15, 0.2) is 0 Å². The molecule has 3 saturated carbocycles. The van der Waals surface area contributed by atoms with E-state index in [-0.39, 0.29) is 5.41 Å². The van der Waals surface area contributed by atoms with E-state index in [0.29, 0.717) is 16.7 Å². The van der Waals surface area contributed by atoms with Crippen molar-refractivity contribution in [2.45, 2.75) is 64.2 Å².